The zero-order valence-electron chi connectivity index (χ0n) is 5.95. The van der Waals surface area contributed by atoms with E-state index < -0.39 is 0 Å². The molecule has 2 N–H and O–H groups in total. The van der Waals surface area contributed by atoms with Crippen LogP contribution in [0.4, 0.5) is 0 Å². The predicted octanol–water partition coefficient (Wildman–Crippen LogP) is 0.360. The SMILES string of the molecule is O=C1NCC2C=C(O)C=CC12. The van der Waals surface area contributed by atoms with Crippen molar-refractivity contribution in [1.82, 2.24) is 5.32 Å². The number of carbonyl (C=O) groups is 1. The topological polar surface area (TPSA) is 49.3 Å². The molecule has 2 unspecified atom stereocenters. The fourth-order valence-corrected chi connectivity index (χ4v) is 1.53. The molecule has 0 saturated carbocycles. The van der Waals surface area contributed by atoms with Gasteiger partial charge in [0.1, 0.15) is 5.76 Å². The first-order valence-electron chi connectivity index (χ1n) is 3.64. The third-order valence-electron chi connectivity index (χ3n) is 2.14. The molecule has 1 aliphatic heterocycles. The highest BCUT2D eigenvalue weighted by Gasteiger charge is 2.32. The van der Waals surface area contributed by atoms with E-state index in [1.807, 2.05) is 0 Å². The fourth-order valence-electron chi connectivity index (χ4n) is 1.53. The van der Waals surface area contributed by atoms with E-state index in [2.05, 4.69) is 5.32 Å². The lowest BCUT2D eigenvalue weighted by molar-refractivity contribution is -0.121. The normalized spacial score (nSPS) is 34.5. The molecule has 1 amide bonds. The van der Waals surface area contributed by atoms with E-state index >= 15 is 0 Å². The van der Waals surface area contributed by atoms with Crippen molar-refractivity contribution in [3.05, 3.63) is 24.0 Å². The zero-order chi connectivity index (χ0) is 7.84. The lowest BCUT2D eigenvalue weighted by Gasteiger charge is -2.12. The first-order chi connectivity index (χ1) is 5.27. The Morgan fingerprint density at radius 3 is 3.27 bits per heavy atom. The molecular formula is C8H9NO2. The van der Waals surface area contributed by atoms with Crippen LogP contribution in [0.5, 0.6) is 0 Å². The molecule has 11 heavy (non-hydrogen) atoms. The summed E-state index contributed by atoms with van der Waals surface area (Å²) in [6.45, 7) is 0.651. The average molecular weight is 151 g/mol. The number of fused-ring (bicyclic) bond motifs is 1. The molecule has 3 nitrogen and oxygen atoms in total. The van der Waals surface area contributed by atoms with Crippen molar-refractivity contribution in [2.75, 3.05) is 6.54 Å². The number of carbonyl (C=O) groups excluding carboxylic acids is 1. The number of nitrogens with one attached hydrogen (secondary N) is 1. The molecule has 0 bridgehead atoms. The molecule has 2 aliphatic rings. The van der Waals surface area contributed by atoms with Gasteiger partial charge in [-0.3, -0.25) is 4.79 Å². The van der Waals surface area contributed by atoms with Crippen LogP contribution in [0.25, 0.3) is 0 Å². The van der Waals surface area contributed by atoms with Gasteiger partial charge in [-0.05, 0) is 12.2 Å². The van der Waals surface area contributed by atoms with Crippen LogP contribution in [-0.2, 0) is 4.79 Å². The molecule has 58 valence electrons. The van der Waals surface area contributed by atoms with Crippen LogP contribution < -0.4 is 5.32 Å². The van der Waals surface area contributed by atoms with Crippen molar-refractivity contribution in [2.24, 2.45) is 11.8 Å². The third kappa shape index (κ3) is 0.926. The van der Waals surface area contributed by atoms with Gasteiger partial charge in [0.2, 0.25) is 5.91 Å². The maximum atomic E-state index is 11.0. The fraction of sp³-hybridized carbons (Fsp3) is 0.375. The van der Waals surface area contributed by atoms with E-state index in [1.54, 1.807) is 18.2 Å². The Bertz CT molecular complexity index is 255. The van der Waals surface area contributed by atoms with Crippen molar-refractivity contribution in [3.8, 4) is 0 Å². The van der Waals surface area contributed by atoms with E-state index in [-0.39, 0.29) is 23.5 Å². The number of hydrogen-bond donors (Lipinski definition) is 2. The van der Waals surface area contributed by atoms with Gasteiger partial charge in [0, 0.05) is 12.5 Å². The van der Waals surface area contributed by atoms with Crippen molar-refractivity contribution in [3.63, 3.8) is 0 Å². The van der Waals surface area contributed by atoms with E-state index in [1.165, 1.54) is 0 Å². The van der Waals surface area contributed by atoms with Crippen LogP contribution in [0.15, 0.2) is 24.0 Å². The molecule has 3 heteroatoms. The lowest BCUT2D eigenvalue weighted by Crippen LogP contribution is -2.18. The average Bonchev–Trinajstić information content (AvgIpc) is 2.32. The molecular weight excluding hydrogens is 142 g/mol. The van der Waals surface area contributed by atoms with E-state index in [9.17, 15) is 4.79 Å². The Balaban J connectivity index is 2.27. The van der Waals surface area contributed by atoms with E-state index in [0.717, 1.165) is 0 Å². The Hall–Kier alpha value is -1.25. The highest BCUT2D eigenvalue weighted by atomic mass is 16.3. The number of allylic oxidation sites excluding steroid dienone is 1. The molecule has 0 radical (unpaired) electrons. The molecule has 2 rings (SSSR count). The van der Waals surface area contributed by atoms with Crippen LogP contribution in [0, 0.1) is 11.8 Å². The highest BCUT2D eigenvalue weighted by Crippen LogP contribution is 2.25. The first-order valence-corrected chi connectivity index (χ1v) is 3.64. The minimum Gasteiger partial charge on any atom is -0.508 e. The first kappa shape index (κ1) is 6.46. The molecule has 2 atom stereocenters. The van der Waals surface area contributed by atoms with Gasteiger partial charge in [0.25, 0.3) is 0 Å². The van der Waals surface area contributed by atoms with Crippen LogP contribution in [0.1, 0.15) is 0 Å². The van der Waals surface area contributed by atoms with Gasteiger partial charge in [-0.2, -0.15) is 0 Å². The summed E-state index contributed by atoms with van der Waals surface area (Å²) in [5.41, 5.74) is 0. The highest BCUT2D eigenvalue weighted by molar-refractivity contribution is 5.83. The van der Waals surface area contributed by atoms with E-state index in [0.29, 0.717) is 6.54 Å². The zero-order valence-corrected chi connectivity index (χ0v) is 5.95. The maximum absolute atomic E-state index is 11.0. The minimum atomic E-state index is -0.0501. The summed E-state index contributed by atoms with van der Waals surface area (Å²) in [6, 6.07) is 0. The lowest BCUT2D eigenvalue weighted by atomic mass is 9.91. The van der Waals surface area contributed by atoms with Gasteiger partial charge in [0.05, 0.1) is 5.92 Å². The number of hydrogen-bond acceptors (Lipinski definition) is 2. The Morgan fingerprint density at radius 1 is 1.64 bits per heavy atom. The maximum Gasteiger partial charge on any atom is 0.227 e. The van der Waals surface area contributed by atoms with Gasteiger partial charge in [-0.1, -0.05) is 6.08 Å². The minimum absolute atomic E-state index is 0.0501. The summed E-state index contributed by atoms with van der Waals surface area (Å²) in [5.74, 6) is 0.441. The molecule has 0 aromatic rings. The van der Waals surface area contributed by atoms with Crippen LogP contribution >= 0.6 is 0 Å². The Morgan fingerprint density at radius 2 is 2.45 bits per heavy atom. The number of amides is 1. The van der Waals surface area contributed by atoms with E-state index in [4.69, 9.17) is 5.11 Å². The second-order valence-corrected chi connectivity index (χ2v) is 2.89. The Labute approximate surface area is 64.4 Å². The van der Waals surface area contributed by atoms with Crippen molar-refractivity contribution in [2.45, 2.75) is 0 Å². The van der Waals surface area contributed by atoms with Crippen LogP contribution in [-0.4, -0.2) is 17.6 Å². The standard InChI is InChI=1S/C8H9NO2/c10-6-1-2-7-5(3-6)4-9-8(7)11/h1-3,5,7,10H,4H2,(H,9,11). The van der Waals surface area contributed by atoms with Crippen LogP contribution in [0.2, 0.25) is 0 Å². The summed E-state index contributed by atoms with van der Waals surface area (Å²) in [6.07, 6.45) is 5.05. The number of rotatable bonds is 0. The molecule has 0 aromatic heterocycles. The number of aliphatic hydroxyl groups is 1. The van der Waals surface area contributed by atoms with Gasteiger partial charge in [0.15, 0.2) is 0 Å². The summed E-state index contributed by atoms with van der Waals surface area (Å²) in [5, 5.41) is 11.8. The Kier molecular flexibility index (Phi) is 1.24. The van der Waals surface area contributed by atoms with Gasteiger partial charge in [-0.15, -0.1) is 0 Å². The number of aliphatic hydroxyl groups excluding tert-OH is 1. The van der Waals surface area contributed by atoms with Gasteiger partial charge in [-0.25, -0.2) is 0 Å². The largest absolute Gasteiger partial charge is 0.508 e. The third-order valence-corrected chi connectivity index (χ3v) is 2.14. The summed E-state index contributed by atoms with van der Waals surface area (Å²) < 4.78 is 0. The molecule has 1 aliphatic carbocycles. The molecule has 0 spiro atoms. The van der Waals surface area contributed by atoms with Crippen LogP contribution in [0.3, 0.4) is 0 Å². The van der Waals surface area contributed by atoms with Crippen molar-refractivity contribution in [1.29, 1.82) is 0 Å². The monoisotopic (exact) mass is 151 g/mol. The quantitative estimate of drug-likeness (QED) is 0.525. The smallest absolute Gasteiger partial charge is 0.227 e. The van der Waals surface area contributed by atoms with Crippen molar-refractivity contribution >= 4 is 5.91 Å². The van der Waals surface area contributed by atoms with Gasteiger partial charge < -0.3 is 10.4 Å². The summed E-state index contributed by atoms with van der Waals surface area (Å²) in [7, 11) is 0. The molecule has 1 fully saturated rings. The predicted molar refractivity (Wildman–Crippen MR) is 39.8 cm³/mol. The summed E-state index contributed by atoms with van der Waals surface area (Å²) in [4.78, 5) is 11.0. The summed E-state index contributed by atoms with van der Waals surface area (Å²) >= 11 is 0. The molecule has 1 saturated heterocycles. The second kappa shape index (κ2) is 2.12. The molecule has 0 aromatic carbocycles. The van der Waals surface area contributed by atoms with Gasteiger partial charge >= 0.3 is 0 Å². The molecule has 1 heterocycles. The van der Waals surface area contributed by atoms with Crippen molar-refractivity contribution < 1.29 is 9.90 Å². The second-order valence-electron chi connectivity index (χ2n) is 2.89.